The van der Waals surface area contributed by atoms with Crippen molar-refractivity contribution >= 4 is 45.8 Å². The maximum atomic E-state index is 13.0. The molecule has 0 aromatic heterocycles. The lowest BCUT2D eigenvalue weighted by Crippen LogP contribution is -2.32. The number of hydrogen-bond acceptors (Lipinski definition) is 4. The number of thioether (sulfide) groups is 1. The van der Waals surface area contributed by atoms with Crippen molar-refractivity contribution in [1.29, 1.82) is 0 Å². The molecule has 1 unspecified atom stereocenters. The van der Waals surface area contributed by atoms with E-state index in [4.69, 9.17) is 12.2 Å². The standard InChI is InChI=1S/C14H15FN2O2S2/c1-9-13(19)17(14(20)21-9)7-3-6-12(18)16-11-5-2-4-10(15)8-11/h2,4-5,8-9H,3,6-7H2,1H3,(H,16,18). The highest BCUT2D eigenvalue weighted by atomic mass is 32.2. The average molecular weight is 326 g/mol. The lowest BCUT2D eigenvalue weighted by atomic mass is 10.2. The fourth-order valence-corrected chi connectivity index (χ4v) is 3.42. The van der Waals surface area contributed by atoms with Crippen molar-refractivity contribution in [3.63, 3.8) is 0 Å². The largest absolute Gasteiger partial charge is 0.326 e. The van der Waals surface area contributed by atoms with Crippen LogP contribution in [0.4, 0.5) is 10.1 Å². The van der Waals surface area contributed by atoms with Gasteiger partial charge in [-0.3, -0.25) is 14.5 Å². The van der Waals surface area contributed by atoms with Crippen molar-refractivity contribution in [2.75, 3.05) is 11.9 Å². The molecule has 0 aliphatic carbocycles. The van der Waals surface area contributed by atoms with Crippen LogP contribution in [-0.2, 0) is 9.59 Å². The number of carbonyl (C=O) groups excluding carboxylic acids is 2. The number of amides is 2. The summed E-state index contributed by atoms with van der Waals surface area (Å²) in [5, 5.41) is 2.48. The first-order valence-corrected chi connectivity index (χ1v) is 7.83. The van der Waals surface area contributed by atoms with Crippen molar-refractivity contribution in [2.45, 2.75) is 25.0 Å². The van der Waals surface area contributed by atoms with Crippen molar-refractivity contribution in [2.24, 2.45) is 0 Å². The van der Waals surface area contributed by atoms with Crippen LogP contribution in [-0.4, -0.2) is 32.8 Å². The number of anilines is 1. The fourth-order valence-electron chi connectivity index (χ4n) is 1.96. The second-order valence-electron chi connectivity index (χ2n) is 4.68. The maximum Gasteiger partial charge on any atom is 0.241 e. The summed E-state index contributed by atoms with van der Waals surface area (Å²) in [5.74, 6) is -0.610. The number of carbonyl (C=O) groups is 2. The third-order valence-corrected chi connectivity index (χ3v) is 4.49. The highest BCUT2D eigenvalue weighted by Gasteiger charge is 2.33. The predicted octanol–water partition coefficient (Wildman–Crippen LogP) is 2.79. The minimum absolute atomic E-state index is 0.00413. The van der Waals surface area contributed by atoms with E-state index in [0.29, 0.717) is 23.0 Å². The summed E-state index contributed by atoms with van der Waals surface area (Å²) >= 11 is 6.48. The highest BCUT2D eigenvalue weighted by Crippen LogP contribution is 2.26. The van der Waals surface area contributed by atoms with Crippen molar-refractivity contribution in [3.8, 4) is 0 Å². The molecular formula is C14H15FN2O2S2. The van der Waals surface area contributed by atoms with Gasteiger partial charge in [0, 0.05) is 18.7 Å². The molecule has 0 bridgehead atoms. The molecule has 1 saturated heterocycles. The number of hydrogen-bond donors (Lipinski definition) is 1. The molecule has 21 heavy (non-hydrogen) atoms. The summed E-state index contributed by atoms with van der Waals surface area (Å²) in [6, 6.07) is 5.73. The van der Waals surface area contributed by atoms with Crippen LogP contribution in [0.1, 0.15) is 19.8 Å². The number of benzene rings is 1. The summed E-state index contributed by atoms with van der Waals surface area (Å²) in [4.78, 5) is 25.1. The van der Waals surface area contributed by atoms with Gasteiger partial charge in [-0.05, 0) is 31.5 Å². The van der Waals surface area contributed by atoms with E-state index < -0.39 is 5.82 Å². The Morgan fingerprint density at radius 1 is 1.52 bits per heavy atom. The lowest BCUT2D eigenvalue weighted by Gasteiger charge is -2.14. The number of halogens is 1. The summed E-state index contributed by atoms with van der Waals surface area (Å²) in [5.41, 5.74) is 0.428. The molecule has 1 N–H and O–H groups in total. The SMILES string of the molecule is CC1SC(=S)N(CCCC(=O)Nc2cccc(F)c2)C1=O. The first-order chi connectivity index (χ1) is 9.97. The number of nitrogens with one attached hydrogen (secondary N) is 1. The zero-order valence-corrected chi connectivity index (χ0v) is 13.1. The van der Waals surface area contributed by atoms with Gasteiger partial charge < -0.3 is 5.32 Å². The van der Waals surface area contributed by atoms with Crippen molar-refractivity contribution in [3.05, 3.63) is 30.1 Å². The smallest absolute Gasteiger partial charge is 0.241 e. The molecule has 4 nitrogen and oxygen atoms in total. The van der Waals surface area contributed by atoms with Gasteiger partial charge in [-0.15, -0.1) is 0 Å². The third kappa shape index (κ3) is 4.25. The zero-order chi connectivity index (χ0) is 15.4. The molecule has 1 atom stereocenters. The van der Waals surface area contributed by atoms with E-state index in [0.717, 1.165) is 0 Å². The van der Waals surface area contributed by atoms with Crippen LogP contribution in [0.5, 0.6) is 0 Å². The molecule has 1 aliphatic heterocycles. The van der Waals surface area contributed by atoms with Gasteiger partial charge in [0.1, 0.15) is 10.1 Å². The summed E-state index contributed by atoms with van der Waals surface area (Å²) in [7, 11) is 0. The molecular weight excluding hydrogens is 311 g/mol. The van der Waals surface area contributed by atoms with Crippen LogP contribution in [0, 0.1) is 5.82 Å². The first-order valence-electron chi connectivity index (χ1n) is 6.55. The number of thiocarbonyl (C=S) groups is 1. The van der Waals surface area contributed by atoms with E-state index in [-0.39, 0.29) is 23.5 Å². The molecule has 0 saturated carbocycles. The number of rotatable bonds is 5. The molecule has 0 spiro atoms. The Bertz CT molecular complexity index is 580. The number of nitrogens with zero attached hydrogens (tertiary/aromatic N) is 1. The predicted molar refractivity (Wildman–Crippen MR) is 85.6 cm³/mol. The van der Waals surface area contributed by atoms with Crippen molar-refractivity contribution < 1.29 is 14.0 Å². The zero-order valence-electron chi connectivity index (χ0n) is 11.5. The molecule has 1 aromatic carbocycles. The first kappa shape index (κ1) is 15.9. The Hall–Kier alpha value is -1.47. The van der Waals surface area contributed by atoms with E-state index in [1.165, 1.54) is 30.0 Å². The Morgan fingerprint density at radius 3 is 2.90 bits per heavy atom. The van der Waals surface area contributed by atoms with Crippen LogP contribution in [0.25, 0.3) is 0 Å². The minimum atomic E-state index is -0.396. The van der Waals surface area contributed by atoms with Crippen molar-refractivity contribution in [1.82, 2.24) is 4.90 Å². The second kappa shape index (κ2) is 7.00. The monoisotopic (exact) mass is 326 g/mol. The lowest BCUT2D eigenvalue weighted by molar-refractivity contribution is -0.126. The normalized spacial score (nSPS) is 18.2. The van der Waals surface area contributed by atoms with Gasteiger partial charge >= 0.3 is 0 Å². The van der Waals surface area contributed by atoms with Crippen LogP contribution >= 0.6 is 24.0 Å². The van der Waals surface area contributed by atoms with Gasteiger partial charge in [0.05, 0.1) is 5.25 Å². The minimum Gasteiger partial charge on any atom is -0.326 e. The summed E-state index contributed by atoms with van der Waals surface area (Å²) < 4.78 is 13.6. The van der Waals surface area contributed by atoms with E-state index in [1.807, 2.05) is 6.92 Å². The molecule has 1 aromatic rings. The summed E-state index contributed by atoms with van der Waals surface area (Å²) in [6.07, 6.45) is 0.766. The third-order valence-electron chi connectivity index (χ3n) is 3.01. The van der Waals surface area contributed by atoms with Gasteiger partial charge in [0.15, 0.2) is 0 Å². The Balaban J connectivity index is 1.77. The Labute approximate surface area is 132 Å². The molecule has 0 radical (unpaired) electrons. The fraction of sp³-hybridized carbons (Fsp3) is 0.357. The van der Waals surface area contributed by atoms with E-state index >= 15 is 0 Å². The van der Waals surface area contributed by atoms with Gasteiger partial charge in [-0.1, -0.05) is 30.0 Å². The maximum absolute atomic E-state index is 13.0. The Morgan fingerprint density at radius 2 is 2.29 bits per heavy atom. The second-order valence-corrected chi connectivity index (χ2v) is 6.65. The highest BCUT2D eigenvalue weighted by molar-refractivity contribution is 8.24. The molecule has 1 fully saturated rings. The summed E-state index contributed by atoms with van der Waals surface area (Å²) in [6.45, 7) is 2.25. The van der Waals surface area contributed by atoms with E-state index in [2.05, 4.69) is 5.32 Å². The molecule has 1 aliphatic rings. The average Bonchev–Trinajstić information content (AvgIpc) is 2.65. The molecule has 112 valence electrons. The van der Waals surface area contributed by atoms with Crippen LogP contribution in [0.2, 0.25) is 0 Å². The van der Waals surface area contributed by atoms with Gasteiger partial charge in [0.25, 0.3) is 0 Å². The molecule has 7 heteroatoms. The Kier molecular flexibility index (Phi) is 5.30. The van der Waals surface area contributed by atoms with E-state index in [1.54, 1.807) is 11.0 Å². The van der Waals surface area contributed by atoms with Crippen LogP contribution in [0.3, 0.4) is 0 Å². The quantitative estimate of drug-likeness (QED) is 0.845. The molecule has 2 rings (SSSR count). The van der Waals surface area contributed by atoms with Crippen LogP contribution in [0.15, 0.2) is 24.3 Å². The molecule has 1 heterocycles. The molecule has 2 amide bonds. The van der Waals surface area contributed by atoms with Gasteiger partial charge in [0.2, 0.25) is 11.8 Å². The topological polar surface area (TPSA) is 49.4 Å². The van der Waals surface area contributed by atoms with E-state index in [9.17, 15) is 14.0 Å². The van der Waals surface area contributed by atoms with Gasteiger partial charge in [-0.2, -0.15) is 0 Å². The van der Waals surface area contributed by atoms with Gasteiger partial charge in [-0.25, -0.2) is 4.39 Å². The van der Waals surface area contributed by atoms with Crippen LogP contribution < -0.4 is 5.32 Å².